The molecule has 0 bridgehead atoms. The number of carbonyl (C=O) groups is 3. The average Bonchev–Trinajstić information content (AvgIpc) is 2.80. The lowest BCUT2D eigenvalue weighted by Gasteiger charge is -2.33. The summed E-state index contributed by atoms with van der Waals surface area (Å²) in [7, 11) is 1.58. The summed E-state index contributed by atoms with van der Waals surface area (Å²) in [6.07, 6.45) is 3.79. The molecule has 31 heavy (non-hydrogen) atoms. The number of likely N-dealkylation sites (tertiary alicyclic amines) is 1. The molecule has 0 spiro atoms. The molecular formula is C22H34N4O4S. The number of amides is 3. The fraction of sp³-hybridized carbons (Fsp3) is 0.591. The van der Waals surface area contributed by atoms with E-state index in [-0.39, 0.29) is 23.6 Å². The average molecular weight is 451 g/mol. The molecule has 2 unspecified atom stereocenters. The van der Waals surface area contributed by atoms with Crippen molar-refractivity contribution in [2.45, 2.75) is 44.8 Å². The minimum atomic E-state index is -0.651. The summed E-state index contributed by atoms with van der Waals surface area (Å²) in [5.74, 6) is 0.884. The van der Waals surface area contributed by atoms with Crippen molar-refractivity contribution in [2.24, 2.45) is 11.7 Å². The van der Waals surface area contributed by atoms with E-state index in [1.54, 1.807) is 30.7 Å². The highest BCUT2D eigenvalue weighted by molar-refractivity contribution is 7.98. The number of nitrogens with two attached hydrogens (primary N) is 1. The number of methoxy groups -OCH3 is 1. The molecule has 1 aromatic rings. The number of nitrogens with zero attached hydrogens (tertiary/aromatic N) is 1. The van der Waals surface area contributed by atoms with E-state index in [0.717, 1.165) is 11.3 Å². The van der Waals surface area contributed by atoms with Crippen molar-refractivity contribution in [1.29, 1.82) is 0 Å². The standard InChI is InChI=1S/C22H34N4O4S/c1-15(20(27)24-14-17-6-4-5-7-19(17)30-2)25-21(28)16-8-11-26(12-9-16)22(29)18(23)10-13-31-3/h4-7,15-16,18H,8-14,23H2,1-3H3,(H,24,27)(H,25,28). The Bertz CT molecular complexity index is 753. The number of ether oxygens (including phenoxy) is 1. The SMILES string of the molecule is COc1ccccc1CNC(=O)C(C)NC(=O)C1CCN(C(=O)C(N)CCSC)CC1. The Hall–Kier alpha value is -2.26. The zero-order valence-electron chi connectivity index (χ0n) is 18.6. The predicted octanol–water partition coefficient (Wildman–Crippen LogP) is 1.14. The molecule has 0 radical (unpaired) electrons. The van der Waals surface area contributed by atoms with Gasteiger partial charge in [-0.15, -0.1) is 0 Å². The Morgan fingerprint density at radius 3 is 2.58 bits per heavy atom. The molecule has 4 N–H and O–H groups in total. The Balaban J connectivity index is 1.76. The number of rotatable bonds is 10. The smallest absolute Gasteiger partial charge is 0.242 e. The zero-order chi connectivity index (χ0) is 22.8. The molecule has 2 atom stereocenters. The molecule has 1 heterocycles. The van der Waals surface area contributed by atoms with Crippen LogP contribution < -0.4 is 21.1 Å². The van der Waals surface area contributed by atoms with Crippen molar-refractivity contribution in [2.75, 3.05) is 32.2 Å². The van der Waals surface area contributed by atoms with Crippen molar-refractivity contribution < 1.29 is 19.1 Å². The van der Waals surface area contributed by atoms with Gasteiger partial charge < -0.3 is 26.0 Å². The maximum Gasteiger partial charge on any atom is 0.242 e. The summed E-state index contributed by atoms with van der Waals surface area (Å²) in [4.78, 5) is 39.2. The molecule has 0 saturated carbocycles. The minimum absolute atomic E-state index is 0.0444. The highest BCUT2D eigenvalue weighted by atomic mass is 32.2. The van der Waals surface area contributed by atoms with E-state index in [1.165, 1.54) is 0 Å². The van der Waals surface area contributed by atoms with Crippen LogP contribution >= 0.6 is 11.8 Å². The fourth-order valence-corrected chi connectivity index (χ4v) is 4.04. The molecule has 172 valence electrons. The first-order chi connectivity index (χ1) is 14.9. The third-order valence-electron chi connectivity index (χ3n) is 5.53. The van der Waals surface area contributed by atoms with Gasteiger partial charge in [0.15, 0.2) is 0 Å². The number of benzene rings is 1. The highest BCUT2D eigenvalue weighted by Crippen LogP contribution is 2.19. The highest BCUT2D eigenvalue weighted by Gasteiger charge is 2.30. The van der Waals surface area contributed by atoms with Gasteiger partial charge in [-0.2, -0.15) is 11.8 Å². The maximum atomic E-state index is 12.6. The molecule has 1 saturated heterocycles. The first-order valence-electron chi connectivity index (χ1n) is 10.6. The summed E-state index contributed by atoms with van der Waals surface area (Å²) in [6.45, 7) is 3.01. The Morgan fingerprint density at radius 2 is 1.94 bits per heavy atom. The van der Waals surface area contributed by atoms with Gasteiger partial charge in [0.2, 0.25) is 17.7 Å². The molecule has 8 nitrogen and oxygen atoms in total. The summed E-state index contributed by atoms with van der Waals surface area (Å²) >= 11 is 1.67. The summed E-state index contributed by atoms with van der Waals surface area (Å²) in [6, 6.07) is 6.32. The second-order valence-electron chi connectivity index (χ2n) is 7.75. The molecule has 9 heteroatoms. The molecule has 1 aliphatic heterocycles. The van der Waals surface area contributed by atoms with Crippen LogP contribution in [0.1, 0.15) is 31.7 Å². The van der Waals surface area contributed by atoms with Crippen LogP contribution in [0.4, 0.5) is 0 Å². The van der Waals surface area contributed by atoms with E-state index in [9.17, 15) is 14.4 Å². The van der Waals surface area contributed by atoms with E-state index >= 15 is 0 Å². The van der Waals surface area contributed by atoms with Crippen molar-refractivity contribution in [3.8, 4) is 5.75 Å². The Labute approximate surface area is 188 Å². The van der Waals surface area contributed by atoms with Crippen LogP contribution in [-0.4, -0.2) is 66.9 Å². The number of para-hydroxylation sites is 1. The van der Waals surface area contributed by atoms with Crippen molar-refractivity contribution in [3.63, 3.8) is 0 Å². The van der Waals surface area contributed by atoms with E-state index < -0.39 is 12.1 Å². The van der Waals surface area contributed by atoms with Crippen LogP contribution in [0.5, 0.6) is 5.75 Å². The second kappa shape index (κ2) is 12.6. The van der Waals surface area contributed by atoms with E-state index in [4.69, 9.17) is 10.5 Å². The van der Waals surface area contributed by atoms with Gasteiger partial charge in [-0.25, -0.2) is 0 Å². The number of nitrogens with one attached hydrogen (secondary N) is 2. The van der Waals surface area contributed by atoms with E-state index in [2.05, 4.69) is 10.6 Å². The lowest BCUT2D eigenvalue weighted by Crippen LogP contribution is -2.51. The minimum Gasteiger partial charge on any atom is -0.496 e. The van der Waals surface area contributed by atoms with Gasteiger partial charge in [-0.3, -0.25) is 14.4 Å². The first kappa shape index (κ1) is 25.0. The van der Waals surface area contributed by atoms with Gasteiger partial charge in [0, 0.05) is 31.1 Å². The third kappa shape index (κ3) is 7.43. The van der Waals surface area contributed by atoms with Gasteiger partial charge in [-0.1, -0.05) is 18.2 Å². The van der Waals surface area contributed by atoms with Gasteiger partial charge >= 0.3 is 0 Å². The van der Waals surface area contributed by atoms with Crippen LogP contribution in [-0.2, 0) is 20.9 Å². The normalized spacial score (nSPS) is 16.3. The van der Waals surface area contributed by atoms with Crippen molar-refractivity contribution in [1.82, 2.24) is 15.5 Å². The van der Waals surface area contributed by atoms with Crippen LogP contribution in [0.25, 0.3) is 0 Å². The molecule has 0 aliphatic carbocycles. The molecule has 3 amide bonds. The van der Waals surface area contributed by atoms with Crippen molar-refractivity contribution in [3.05, 3.63) is 29.8 Å². The molecule has 2 rings (SSSR count). The lowest BCUT2D eigenvalue weighted by molar-refractivity contribution is -0.137. The molecule has 1 aliphatic rings. The molecule has 0 aromatic heterocycles. The zero-order valence-corrected chi connectivity index (χ0v) is 19.4. The molecular weight excluding hydrogens is 416 g/mol. The topological polar surface area (TPSA) is 114 Å². The van der Waals surface area contributed by atoms with Gasteiger partial charge in [0.25, 0.3) is 0 Å². The Kier molecular flexibility index (Phi) is 10.1. The third-order valence-corrected chi connectivity index (χ3v) is 6.17. The number of piperidine rings is 1. The second-order valence-corrected chi connectivity index (χ2v) is 8.73. The molecule has 1 aromatic carbocycles. The number of thioether (sulfide) groups is 1. The summed E-state index contributed by atoms with van der Waals surface area (Å²) in [5, 5.41) is 5.63. The number of hydrogen-bond donors (Lipinski definition) is 3. The summed E-state index contributed by atoms with van der Waals surface area (Å²) in [5.41, 5.74) is 6.85. The first-order valence-corrected chi connectivity index (χ1v) is 12.0. The van der Waals surface area contributed by atoms with Crippen LogP contribution in [0.2, 0.25) is 0 Å². The predicted molar refractivity (Wildman–Crippen MR) is 123 cm³/mol. The fourth-order valence-electron chi connectivity index (χ4n) is 3.55. The number of hydrogen-bond acceptors (Lipinski definition) is 6. The van der Waals surface area contributed by atoms with Crippen LogP contribution in [0.3, 0.4) is 0 Å². The van der Waals surface area contributed by atoms with Gasteiger partial charge in [0.1, 0.15) is 11.8 Å². The van der Waals surface area contributed by atoms with E-state index in [1.807, 2.05) is 30.5 Å². The maximum absolute atomic E-state index is 12.6. The van der Waals surface area contributed by atoms with Gasteiger partial charge in [-0.05, 0) is 44.3 Å². The summed E-state index contributed by atoms with van der Waals surface area (Å²) < 4.78 is 5.28. The van der Waals surface area contributed by atoms with Crippen molar-refractivity contribution >= 4 is 29.5 Å². The lowest BCUT2D eigenvalue weighted by atomic mass is 9.95. The molecule has 1 fully saturated rings. The largest absolute Gasteiger partial charge is 0.496 e. The van der Waals surface area contributed by atoms with Crippen LogP contribution in [0.15, 0.2) is 24.3 Å². The van der Waals surface area contributed by atoms with E-state index in [0.29, 0.717) is 44.6 Å². The Morgan fingerprint density at radius 1 is 1.26 bits per heavy atom. The quantitative estimate of drug-likeness (QED) is 0.493. The van der Waals surface area contributed by atoms with Gasteiger partial charge in [0.05, 0.1) is 13.2 Å². The number of carbonyl (C=O) groups excluding carboxylic acids is 3. The monoisotopic (exact) mass is 450 g/mol. The van der Waals surface area contributed by atoms with Crippen LogP contribution in [0, 0.1) is 5.92 Å².